The smallest absolute Gasteiger partial charge is 0.126 e. The molecule has 0 atom stereocenters. The van der Waals surface area contributed by atoms with Crippen LogP contribution >= 0.6 is 0 Å². The highest BCUT2D eigenvalue weighted by Gasteiger charge is 2.05. The topological polar surface area (TPSA) is 45.0 Å². The number of aromatic hydroxyl groups is 1. The van der Waals surface area contributed by atoms with Gasteiger partial charge < -0.3 is 5.11 Å². The molecule has 3 nitrogen and oxygen atoms in total. The summed E-state index contributed by atoms with van der Waals surface area (Å²) in [6, 6.07) is 12.1. The van der Waals surface area contributed by atoms with Gasteiger partial charge in [0.05, 0.1) is 0 Å². The maximum atomic E-state index is 13.9. The number of aryl methyl sites for hydroxylation is 1. The van der Waals surface area contributed by atoms with Crippen LogP contribution in [0.2, 0.25) is 0 Å². The second-order valence-electron chi connectivity index (χ2n) is 5.24. The summed E-state index contributed by atoms with van der Waals surface area (Å²) in [4.78, 5) is 8.05. The van der Waals surface area contributed by atoms with Gasteiger partial charge in [-0.15, -0.1) is 0 Å². The van der Waals surface area contributed by atoms with E-state index < -0.39 is 0 Å². The number of halogens is 1. The van der Waals surface area contributed by atoms with Crippen molar-refractivity contribution in [3.63, 3.8) is 0 Å². The highest BCUT2D eigenvalue weighted by Crippen LogP contribution is 2.24. The quantitative estimate of drug-likeness (QED) is 0.452. The van der Waals surface area contributed by atoms with Crippen molar-refractivity contribution in [1.82, 2.24) is 0 Å². The monoisotopic (exact) mass is 312 g/mol. The summed E-state index contributed by atoms with van der Waals surface area (Å²) in [6.45, 7) is 2.55. The fourth-order valence-corrected chi connectivity index (χ4v) is 2.29. The minimum absolute atomic E-state index is 0.174. The van der Waals surface area contributed by atoms with E-state index in [0.717, 1.165) is 24.0 Å². The van der Waals surface area contributed by atoms with Crippen molar-refractivity contribution in [2.45, 2.75) is 26.2 Å². The fraction of sp³-hybridized carbons (Fsp3) is 0.263. The van der Waals surface area contributed by atoms with E-state index in [0.29, 0.717) is 18.5 Å². The average Bonchev–Trinajstić information content (AvgIpc) is 2.56. The minimum atomic E-state index is -0.174. The molecule has 0 aromatic heterocycles. The number of nitrogens with zero attached hydrogens (tertiary/aromatic N) is 2. The zero-order chi connectivity index (χ0) is 16.5. The van der Waals surface area contributed by atoms with Gasteiger partial charge in [-0.1, -0.05) is 18.2 Å². The SMILES string of the molecule is C/C=N\C=N/CCCCc1cc(-c2ccc(O)cc2)ccc1F. The molecule has 120 valence electrons. The third-order valence-electron chi connectivity index (χ3n) is 3.53. The molecule has 2 rings (SSSR count). The first-order chi connectivity index (χ1) is 11.2. The third-order valence-corrected chi connectivity index (χ3v) is 3.53. The summed E-state index contributed by atoms with van der Waals surface area (Å²) >= 11 is 0. The van der Waals surface area contributed by atoms with Crippen molar-refractivity contribution < 1.29 is 9.50 Å². The summed E-state index contributed by atoms with van der Waals surface area (Å²) in [5.41, 5.74) is 2.63. The van der Waals surface area contributed by atoms with E-state index in [9.17, 15) is 9.50 Å². The van der Waals surface area contributed by atoms with Gasteiger partial charge in [0.2, 0.25) is 0 Å². The molecule has 0 heterocycles. The van der Waals surface area contributed by atoms with Crippen LogP contribution < -0.4 is 0 Å². The summed E-state index contributed by atoms with van der Waals surface area (Å²) in [7, 11) is 0. The van der Waals surface area contributed by atoms with E-state index in [4.69, 9.17) is 0 Å². The van der Waals surface area contributed by atoms with Crippen LogP contribution in [0.15, 0.2) is 52.4 Å². The molecule has 4 heteroatoms. The summed E-state index contributed by atoms with van der Waals surface area (Å²) in [6.07, 6.45) is 5.70. The highest BCUT2D eigenvalue weighted by atomic mass is 19.1. The molecule has 23 heavy (non-hydrogen) atoms. The van der Waals surface area contributed by atoms with Gasteiger partial charge >= 0.3 is 0 Å². The summed E-state index contributed by atoms with van der Waals surface area (Å²) < 4.78 is 13.9. The Bertz CT molecular complexity index is 678. The second kappa shape index (κ2) is 8.83. The lowest BCUT2D eigenvalue weighted by Gasteiger charge is -2.07. The lowest BCUT2D eigenvalue weighted by atomic mass is 10.00. The van der Waals surface area contributed by atoms with Crippen LogP contribution in [0.1, 0.15) is 25.3 Å². The van der Waals surface area contributed by atoms with E-state index >= 15 is 0 Å². The molecule has 0 aliphatic carbocycles. The van der Waals surface area contributed by atoms with Crippen LogP contribution in [0, 0.1) is 5.82 Å². The predicted octanol–water partition coefficient (Wildman–Crippen LogP) is 4.64. The lowest BCUT2D eigenvalue weighted by Crippen LogP contribution is -1.93. The third kappa shape index (κ3) is 5.33. The molecule has 0 saturated carbocycles. The number of rotatable bonds is 7. The molecule has 0 spiro atoms. The van der Waals surface area contributed by atoms with Gasteiger partial charge in [0.25, 0.3) is 0 Å². The Hall–Kier alpha value is -2.49. The van der Waals surface area contributed by atoms with Crippen molar-refractivity contribution in [2.24, 2.45) is 9.98 Å². The zero-order valence-electron chi connectivity index (χ0n) is 13.2. The Morgan fingerprint density at radius 2 is 1.78 bits per heavy atom. The van der Waals surface area contributed by atoms with Crippen molar-refractivity contribution in [2.75, 3.05) is 6.54 Å². The van der Waals surface area contributed by atoms with Crippen molar-refractivity contribution >= 4 is 12.6 Å². The predicted molar refractivity (Wildman–Crippen MR) is 94.0 cm³/mol. The number of benzene rings is 2. The van der Waals surface area contributed by atoms with Gasteiger partial charge in [-0.2, -0.15) is 0 Å². The molecular weight excluding hydrogens is 291 g/mol. The van der Waals surface area contributed by atoms with Crippen LogP contribution in [-0.2, 0) is 6.42 Å². The Balaban J connectivity index is 1.96. The van der Waals surface area contributed by atoms with Gasteiger partial charge in [0, 0.05) is 12.8 Å². The molecule has 0 aliphatic heterocycles. The van der Waals surface area contributed by atoms with Crippen molar-refractivity contribution in [3.8, 4) is 16.9 Å². The Kier molecular flexibility index (Phi) is 6.48. The molecule has 0 aliphatic rings. The van der Waals surface area contributed by atoms with Crippen molar-refractivity contribution in [3.05, 3.63) is 53.8 Å². The van der Waals surface area contributed by atoms with Crippen LogP contribution in [0.25, 0.3) is 11.1 Å². The molecule has 0 bridgehead atoms. The highest BCUT2D eigenvalue weighted by molar-refractivity contribution is 5.70. The Labute approximate surface area is 136 Å². The van der Waals surface area contributed by atoms with E-state index in [2.05, 4.69) is 9.98 Å². The van der Waals surface area contributed by atoms with E-state index in [-0.39, 0.29) is 11.6 Å². The fourth-order valence-electron chi connectivity index (χ4n) is 2.29. The van der Waals surface area contributed by atoms with Gasteiger partial charge in [0.1, 0.15) is 17.9 Å². The van der Waals surface area contributed by atoms with Gasteiger partial charge in [0.15, 0.2) is 0 Å². The van der Waals surface area contributed by atoms with Crippen LogP contribution in [-0.4, -0.2) is 24.2 Å². The summed E-state index contributed by atoms with van der Waals surface area (Å²) in [5.74, 6) is 0.0515. The van der Waals surface area contributed by atoms with E-state index in [1.165, 1.54) is 6.07 Å². The molecule has 1 N–H and O–H groups in total. The number of aliphatic imine (C=N–C) groups is 2. The molecule has 0 radical (unpaired) electrons. The van der Waals surface area contributed by atoms with Gasteiger partial charge in [-0.05, 0) is 67.1 Å². The standard InChI is InChI=1S/C19H21FN2O/c1-2-21-14-22-12-4-3-5-17-13-16(8-11-19(17)20)15-6-9-18(23)10-7-15/h2,6-11,13-14,23H,3-5,12H2,1H3/b21-2-,22-14-. The van der Waals surface area contributed by atoms with Crippen LogP contribution in [0.3, 0.4) is 0 Å². The van der Waals surface area contributed by atoms with Gasteiger partial charge in [-0.3, -0.25) is 4.99 Å². The molecule has 0 unspecified atom stereocenters. The Morgan fingerprint density at radius 3 is 2.52 bits per heavy atom. The van der Waals surface area contributed by atoms with Crippen LogP contribution in [0.5, 0.6) is 5.75 Å². The molecule has 0 fully saturated rings. The number of hydrogen-bond acceptors (Lipinski definition) is 2. The minimum Gasteiger partial charge on any atom is -0.508 e. The first-order valence-corrected chi connectivity index (χ1v) is 7.74. The molecule has 2 aromatic rings. The second-order valence-corrected chi connectivity index (χ2v) is 5.24. The first-order valence-electron chi connectivity index (χ1n) is 7.74. The molecule has 0 amide bonds. The Morgan fingerprint density at radius 1 is 1.04 bits per heavy atom. The van der Waals surface area contributed by atoms with E-state index in [1.54, 1.807) is 30.8 Å². The first kappa shape index (κ1) is 16.9. The molecular formula is C19H21FN2O. The van der Waals surface area contributed by atoms with E-state index in [1.807, 2.05) is 25.1 Å². The number of phenols is 1. The maximum Gasteiger partial charge on any atom is 0.126 e. The average molecular weight is 312 g/mol. The number of hydrogen-bond donors (Lipinski definition) is 1. The normalized spacial score (nSPS) is 11.6. The maximum absolute atomic E-state index is 13.9. The van der Waals surface area contributed by atoms with Crippen molar-refractivity contribution in [1.29, 1.82) is 0 Å². The molecule has 0 saturated heterocycles. The molecule has 2 aromatic carbocycles. The van der Waals surface area contributed by atoms with Crippen LogP contribution in [0.4, 0.5) is 4.39 Å². The summed E-state index contributed by atoms with van der Waals surface area (Å²) in [5, 5.41) is 9.34. The number of unbranched alkanes of at least 4 members (excludes halogenated alkanes) is 1. The van der Waals surface area contributed by atoms with Gasteiger partial charge in [-0.25, -0.2) is 9.38 Å². The lowest BCUT2D eigenvalue weighted by molar-refractivity contribution is 0.475. The number of phenolic OH excluding ortho intramolecular Hbond substituents is 1. The largest absolute Gasteiger partial charge is 0.508 e. The zero-order valence-corrected chi connectivity index (χ0v) is 13.2.